The fraction of sp³-hybridized carbons (Fsp3) is 1.00. The molecule has 0 radical (unpaired) electrons. The Hall–Kier alpha value is -0.120. The summed E-state index contributed by atoms with van der Waals surface area (Å²) in [7, 11) is 2.00. The van der Waals surface area contributed by atoms with Crippen molar-refractivity contribution in [1.82, 2.24) is 10.6 Å². The number of nitrogens with one attached hydrogen (secondary N) is 2. The SMILES string of the molecule is CNCC1(CNC(C)C)COC1. The first-order valence-electron chi connectivity index (χ1n) is 4.64. The highest BCUT2D eigenvalue weighted by Gasteiger charge is 2.37. The molecule has 0 aliphatic carbocycles. The van der Waals surface area contributed by atoms with Gasteiger partial charge in [-0.3, -0.25) is 0 Å². The molecule has 0 atom stereocenters. The van der Waals surface area contributed by atoms with Gasteiger partial charge in [0.25, 0.3) is 0 Å². The fourth-order valence-electron chi connectivity index (χ4n) is 1.45. The summed E-state index contributed by atoms with van der Waals surface area (Å²) in [4.78, 5) is 0. The lowest BCUT2D eigenvalue weighted by molar-refractivity contribution is -0.109. The van der Waals surface area contributed by atoms with Crippen LogP contribution in [0.4, 0.5) is 0 Å². The minimum absolute atomic E-state index is 0.360. The van der Waals surface area contributed by atoms with Crippen molar-refractivity contribution in [1.29, 1.82) is 0 Å². The minimum Gasteiger partial charge on any atom is -0.380 e. The summed E-state index contributed by atoms with van der Waals surface area (Å²) in [5.41, 5.74) is 0.360. The first kappa shape index (κ1) is 9.96. The van der Waals surface area contributed by atoms with Crippen LogP contribution in [0.2, 0.25) is 0 Å². The van der Waals surface area contributed by atoms with Crippen molar-refractivity contribution in [2.24, 2.45) is 5.41 Å². The maximum absolute atomic E-state index is 5.24. The molecule has 1 rings (SSSR count). The van der Waals surface area contributed by atoms with Gasteiger partial charge in [0.2, 0.25) is 0 Å². The first-order chi connectivity index (χ1) is 5.68. The molecule has 0 saturated carbocycles. The van der Waals surface area contributed by atoms with Crippen LogP contribution in [-0.2, 0) is 4.74 Å². The summed E-state index contributed by atoms with van der Waals surface area (Å²) in [6, 6.07) is 0.569. The summed E-state index contributed by atoms with van der Waals surface area (Å²) >= 11 is 0. The van der Waals surface area contributed by atoms with E-state index in [2.05, 4.69) is 24.5 Å². The Morgan fingerprint density at radius 1 is 1.33 bits per heavy atom. The van der Waals surface area contributed by atoms with Gasteiger partial charge in [-0.2, -0.15) is 0 Å². The van der Waals surface area contributed by atoms with E-state index >= 15 is 0 Å². The van der Waals surface area contributed by atoms with E-state index in [-0.39, 0.29) is 0 Å². The van der Waals surface area contributed by atoms with Crippen molar-refractivity contribution in [2.75, 3.05) is 33.4 Å². The van der Waals surface area contributed by atoms with Gasteiger partial charge in [-0.15, -0.1) is 0 Å². The van der Waals surface area contributed by atoms with Crippen molar-refractivity contribution in [3.63, 3.8) is 0 Å². The van der Waals surface area contributed by atoms with Gasteiger partial charge >= 0.3 is 0 Å². The maximum atomic E-state index is 5.24. The van der Waals surface area contributed by atoms with Crippen LogP contribution >= 0.6 is 0 Å². The van der Waals surface area contributed by atoms with Crippen molar-refractivity contribution in [3.05, 3.63) is 0 Å². The Labute approximate surface area is 74.9 Å². The zero-order valence-electron chi connectivity index (χ0n) is 8.31. The van der Waals surface area contributed by atoms with Gasteiger partial charge in [0.05, 0.1) is 13.2 Å². The zero-order valence-corrected chi connectivity index (χ0v) is 8.31. The highest BCUT2D eigenvalue weighted by molar-refractivity contribution is 4.89. The Bertz CT molecular complexity index is 132. The zero-order chi connectivity index (χ0) is 9.03. The summed E-state index contributed by atoms with van der Waals surface area (Å²) in [6.45, 7) is 8.25. The minimum atomic E-state index is 0.360. The second-order valence-electron chi connectivity index (χ2n) is 4.06. The molecule has 1 aliphatic heterocycles. The highest BCUT2D eigenvalue weighted by Crippen LogP contribution is 2.25. The molecule has 0 aromatic heterocycles. The molecule has 1 fully saturated rings. The van der Waals surface area contributed by atoms with Crippen LogP contribution in [0.25, 0.3) is 0 Å². The monoisotopic (exact) mass is 172 g/mol. The number of ether oxygens (including phenoxy) is 1. The van der Waals surface area contributed by atoms with E-state index < -0.39 is 0 Å². The average molecular weight is 172 g/mol. The third kappa shape index (κ3) is 2.44. The van der Waals surface area contributed by atoms with Gasteiger partial charge in [-0.05, 0) is 7.05 Å². The maximum Gasteiger partial charge on any atom is 0.0569 e. The predicted molar refractivity (Wildman–Crippen MR) is 50.3 cm³/mol. The van der Waals surface area contributed by atoms with Crippen molar-refractivity contribution in [3.8, 4) is 0 Å². The van der Waals surface area contributed by atoms with E-state index in [1.165, 1.54) is 0 Å². The smallest absolute Gasteiger partial charge is 0.0569 e. The van der Waals surface area contributed by atoms with E-state index in [0.717, 1.165) is 26.3 Å². The Morgan fingerprint density at radius 2 is 2.00 bits per heavy atom. The lowest BCUT2D eigenvalue weighted by Gasteiger charge is -2.42. The molecule has 0 bridgehead atoms. The second-order valence-corrected chi connectivity index (χ2v) is 4.06. The van der Waals surface area contributed by atoms with Crippen LogP contribution in [0, 0.1) is 5.41 Å². The predicted octanol–water partition coefficient (Wildman–Crippen LogP) is 0.220. The number of hydrogen-bond donors (Lipinski definition) is 2. The van der Waals surface area contributed by atoms with E-state index in [1.54, 1.807) is 0 Å². The second kappa shape index (κ2) is 4.21. The third-order valence-corrected chi connectivity index (χ3v) is 2.25. The first-order valence-corrected chi connectivity index (χ1v) is 4.64. The molecule has 0 aromatic carbocycles. The lowest BCUT2D eigenvalue weighted by Crippen LogP contribution is -2.55. The molecule has 3 heteroatoms. The van der Waals surface area contributed by atoms with E-state index in [4.69, 9.17) is 4.74 Å². The molecule has 0 aromatic rings. The van der Waals surface area contributed by atoms with E-state index in [9.17, 15) is 0 Å². The van der Waals surface area contributed by atoms with Crippen LogP contribution < -0.4 is 10.6 Å². The van der Waals surface area contributed by atoms with Crippen molar-refractivity contribution in [2.45, 2.75) is 19.9 Å². The molecule has 0 amide bonds. The topological polar surface area (TPSA) is 33.3 Å². The van der Waals surface area contributed by atoms with Crippen LogP contribution in [0.5, 0.6) is 0 Å². The number of hydrogen-bond acceptors (Lipinski definition) is 3. The van der Waals surface area contributed by atoms with Gasteiger partial charge in [0, 0.05) is 24.5 Å². The summed E-state index contributed by atoms with van der Waals surface area (Å²) in [5, 5.41) is 6.67. The highest BCUT2D eigenvalue weighted by atomic mass is 16.5. The third-order valence-electron chi connectivity index (χ3n) is 2.25. The molecule has 3 nitrogen and oxygen atoms in total. The molecule has 0 spiro atoms. The van der Waals surface area contributed by atoms with Gasteiger partial charge in [0.15, 0.2) is 0 Å². The Kier molecular flexibility index (Phi) is 3.50. The summed E-state index contributed by atoms with van der Waals surface area (Å²) in [6.07, 6.45) is 0. The van der Waals surface area contributed by atoms with Crippen molar-refractivity contribution >= 4 is 0 Å². The molecular formula is C9H20N2O. The van der Waals surface area contributed by atoms with Crippen LogP contribution in [-0.4, -0.2) is 39.4 Å². The molecule has 2 N–H and O–H groups in total. The lowest BCUT2D eigenvalue weighted by atomic mass is 9.85. The standard InChI is InChI=1S/C9H20N2O/c1-8(2)11-5-9(4-10-3)6-12-7-9/h8,10-11H,4-7H2,1-3H3. The molecule has 0 unspecified atom stereocenters. The van der Waals surface area contributed by atoms with Gasteiger partial charge in [0.1, 0.15) is 0 Å². The Balaban J connectivity index is 2.24. The molecule has 72 valence electrons. The molecule has 12 heavy (non-hydrogen) atoms. The normalized spacial score (nSPS) is 21.0. The summed E-state index contributed by atoms with van der Waals surface area (Å²) < 4.78 is 5.24. The molecule has 1 heterocycles. The van der Waals surface area contributed by atoms with Gasteiger partial charge in [-0.1, -0.05) is 13.8 Å². The van der Waals surface area contributed by atoms with E-state index in [0.29, 0.717) is 11.5 Å². The molecular weight excluding hydrogens is 152 g/mol. The summed E-state index contributed by atoms with van der Waals surface area (Å²) in [5.74, 6) is 0. The van der Waals surface area contributed by atoms with Gasteiger partial charge < -0.3 is 15.4 Å². The van der Waals surface area contributed by atoms with Crippen LogP contribution in [0.1, 0.15) is 13.8 Å². The number of rotatable bonds is 5. The quantitative estimate of drug-likeness (QED) is 0.622. The van der Waals surface area contributed by atoms with Crippen LogP contribution in [0.15, 0.2) is 0 Å². The van der Waals surface area contributed by atoms with Crippen molar-refractivity contribution < 1.29 is 4.74 Å². The van der Waals surface area contributed by atoms with Crippen LogP contribution in [0.3, 0.4) is 0 Å². The average Bonchev–Trinajstić information content (AvgIpc) is 1.94. The van der Waals surface area contributed by atoms with Gasteiger partial charge in [-0.25, -0.2) is 0 Å². The fourth-order valence-corrected chi connectivity index (χ4v) is 1.45. The Morgan fingerprint density at radius 3 is 2.33 bits per heavy atom. The molecule has 1 aliphatic rings. The van der Waals surface area contributed by atoms with E-state index in [1.807, 2.05) is 7.05 Å². The largest absolute Gasteiger partial charge is 0.380 e. The molecule has 1 saturated heterocycles.